The molecule has 0 unspecified atom stereocenters. The normalized spacial score (nSPS) is 16.0. The molecule has 0 atom stereocenters. The zero-order chi connectivity index (χ0) is 15.7. The molecule has 116 valence electrons. The van der Waals surface area contributed by atoms with Gasteiger partial charge in [0, 0.05) is 24.2 Å². The molecule has 1 fully saturated rings. The molecule has 0 spiro atoms. The number of carbonyl (C=O) groups is 1. The fourth-order valence-corrected chi connectivity index (χ4v) is 2.68. The highest BCUT2D eigenvalue weighted by atomic mass is 35.5. The quantitative estimate of drug-likeness (QED) is 0.915. The number of benzene rings is 1. The largest absolute Gasteiger partial charge is 0.336 e. The van der Waals surface area contributed by atoms with Crippen molar-refractivity contribution in [1.29, 1.82) is 0 Å². The smallest absolute Gasteiger partial charge is 0.293 e. The van der Waals surface area contributed by atoms with Gasteiger partial charge in [0.15, 0.2) is 0 Å². The van der Waals surface area contributed by atoms with Crippen LogP contribution in [-0.4, -0.2) is 44.7 Å². The van der Waals surface area contributed by atoms with Crippen LogP contribution in [0.1, 0.15) is 29.3 Å². The summed E-state index contributed by atoms with van der Waals surface area (Å²) >= 11 is 5.89. The Morgan fingerprint density at radius 3 is 2.55 bits per heavy atom. The molecule has 1 aliphatic heterocycles. The lowest BCUT2D eigenvalue weighted by molar-refractivity contribution is 0.0702. The molecule has 0 aliphatic carbocycles. The van der Waals surface area contributed by atoms with Gasteiger partial charge in [-0.2, -0.15) is 0 Å². The van der Waals surface area contributed by atoms with Crippen LogP contribution in [0.2, 0.25) is 5.02 Å². The number of halogens is 1. The number of hydrogen-bond acceptors (Lipinski definition) is 4. The van der Waals surface area contributed by atoms with Gasteiger partial charge in [-0.15, -0.1) is 5.10 Å². The number of piperidine rings is 1. The highest BCUT2D eigenvalue weighted by Gasteiger charge is 2.25. The third-order valence-corrected chi connectivity index (χ3v) is 4.11. The van der Waals surface area contributed by atoms with Crippen LogP contribution in [0, 0.1) is 6.92 Å². The monoisotopic (exact) mass is 319 g/mol. The summed E-state index contributed by atoms with van der Waals surface area (Å²) in [5, 5.41) is 5.00. The molecular formula is C15H18ClN5O. The Morgan fingerprint density at radius 2 is 1.91 bits per heavy atom. The van der Waals surface area contributed by atoms with Crippen LogP contribution < -0.4 is 5.73 Å². The first kappa shape index (κ1) is 15.0. The summed E-state index contributed by atoms with van der Waals surface area (Å²) in [4.78, 5) is 18.6. The number of aromatic nitrogens is 3. The molecule has 7 heteroatoms. The van der Waals surface area contributed by atoms with Gasteiger partial charge in [-0.05, 0) is 44.0 Å². The van der Waals surface area contributed by atoms with Crippen LogP contribution in [0.5, 0.6) is 0 Å². The lowest BCUT2D eigenvalue weighted by atomic mass is 10.1. The van der Waals surface area contributed by atoms with Crippen molar-refractivity contribution in [2.75, 3.05) is 13.1 Å². The predicted molar refractivity (Wildman–Crippen MR) is 84.2 cm³/mol. The third-order valence-electron chi connectivity index (χ3n) is 3.86. The second kappa shape index (κ2) is 6.06. The van der Waals surface area contributed by atoms with Crippen molar-refractivity contribution in [1.82, 2.24) is 19.7 Å². The predicted octanol–water partition coefficient (Wildman–Crippen LogP) is 1.79. The SMILES string of the molecule is Cc1nc(C(=O)N2CCC(N)CC2)nn1-c1ccc(Cl)cc1. The van der Waals surface area contributed by atoms with E-state index in [9.17, 15) is 4.79 Å². The van der Waals surface area contributed by atoms with Crippen molar-refractivity contribution in [2.24, 2.45) is 5.73 Å². The first-order valence-corrected chi connectivity index (χ1v) is 7.67. The minimum Gasteiger partial charge on any atom is -0.336 e. The van der Waals surface area contributed by atoms with Gasteiger partial charge in [-0.3, -0.25) is 4.79 Å². The molecule has 22 heavy (non-hydrogen) atoms. The molecule has 1 aromatic carbocycles. The second-order valence-corrected chi connectivity index (χ2v) is 5.94. The van der Waals surface area contributed by atoms with Crippen LogP contribution in [0.25, 0.3) is 5.69 Å². The lowest BCUT2D eigenvalue weighted by Crippen LogP contribution is -2.43. The van der Waals surface area contributed by atoms with Crippen LogP contribution in [0.3, 0.4) is 0 Å². The average molecular weight is 320 g/mol. The molecule has 1 aliphatic rings. The summed E-state index contributed by atoms with van der Waals surface area (Å²) in [6, 6.07) is 7.44. The fraction of sp³-hybridized carbons (Fsp3) is 0.400. The summed E-state index contributed by atoms with van der Waals surface area (Å²) in [5.41, 5.74) is 6.70. The van der Waals surface area contributed by atoms with Crippen molar-refractivity contribution < 1.29 is 4.79 Å². The second-order valence-electron chi connectivity index (χ2n) is 5.50. The fourth-order valence-electron chi connectivity index (χ4n) is 2.55. The van der Waals surface area contributed by atoms with E-state index in [-0.39, 0.29) is 17.8 Å². The Hall–Kier alpha value is -1.92. The summed E-state index contributed by atoms with van der Waals surface area (Å²) in [6.45, 7) is 3.15. The molecule has 1 amide bonds. The van der Waals surface area contributed by atoms with E-state index in [0.29, 0.717) is 23.9 Å². The summed E-state index contributed by atoms with van der Waals surface area (Å²) in [7, 11) is 0. The molecule has 0 bridgehead atoms. The van der Waals surface area contributed by atoms with E-state index >= 15 is 0 Å². The first-order valence-electron chi connectivity index (χ1n) is 7.29. The van der Waals surface area contributed by atoms with Gasteiger partial charge in [-0.1, -0.05) is 11.6 Å². The van der Waals surface area contributed by atoms with Crippen LogP contribution >= 0.6 is 11.6 Å². The molecule has 3 rings (SSSR count). The highest BCUT2D eigenvalue weighted by molar-refractivity contribution is 6.30. The molecular weight excluding hydrogens is 302 g/mol. The van der Waals surface area contributed by atoms with Gasteiger partial charge in [0.25, 0.3) is 5.91 Å². The Morgan fingerprint density at radius 1 is 1.27 bits per heavy atom. The van der Waals surface area contributed by atoms with E-state index < -0.39 is 0 Å². The van der Waals surface area contributed by atoms with Gasteiger partial charge in [0.2, 0.25) is 5.82 Å². The van der Waals surface area contributed by atoms with Crippen molar-refractivity contribution in [3.63, 3.8) is 0 Å². The molecule has 1 saturated heterocycles. The van der Waals surface area contributed by atoms with Crippen molar-refractivity contribution >= 4 is 17.5 Å². The minimum absolute atomic E-state index is 0.136. The van der Waals surface area contributed by atoms with Gasteiger partial charge in [-0.25, -0.2) is 9.67 Å². The maximum atomic E-state index is 12.5. The molecule has 0 radical (unpaired) electrons. The highest BCUT2D eigenvalue weighted by Crippen LogP contribution is 2.16. The Balaban J connectivity index is 1.82. The number of nitrogens with two attached hydrogens (primary N) is 1. The minimum atomic E-state index is -0.136. The van der Waals surface area contributed by atoms with Gasteiger partial charge in [0.1, 0.15) is 5.82 Å². The van der Waals surface area contributed by atoms with Crippen LogP contribution in [-0.2, 0) is 0 Å². The molecule has 2 aromatic rings. The third kappa shape index (κ3) is 2.98. The van der Waals surface area contributed by atoms with Gasteiger partial charge < -0.3 is 10.6 Å². The summed E-state index contributed by atoms with van der Waals surface area (Å²) in [6.07, 6.45) is 1.64. The number of hydrogen-bond donors (Lipinski definition) is 1. The van der Waals surface area contributed by atoms with Gasteiger partial charge >= 0.3 is 0 Å². The molecule has 1 aromatic heterocycles. The van der Waals surface area contributed by atoms with Crippen molar-refractivity contribution in [3.05, 3.63) is 40.9 Å². The number of nitrogens with zero attached hydrogens (tertiary/aromatic N) is 4. The Labute approximate surface area is 133 Å². The Kier molecular flexibility index (Phi) is 4.13. The molecule has 0 saturated carbocycles. The summed E-state index contributed by atoms with van der Waals surface area (Å²) in [5.74, 6) is 0.755. The van der Waals surface area contributed by atoms with E-state index in [4.69, 9.17) is 17.3 Å². The van der Waals surface area contributed by atoms with E-state index in [1.165, 1.54) is 0 Å². The maximum absolute atomic E-state index is 12.5. The van der Waals surface area contributed by atoms with Gasteiger partial charge in [0.05, 0.1) is 5.69 Å². The summed E-state index contributed by atoms with van der Waals surface area (Å²) < 4.78 is 1.65. The number of likely N-dealkylation sites (tertiary alicyclic amines) is 1. The number of amides is 1. The zero-order valence-electron chi connectivity index (χ0n) is 12.4. The molecule has 6 nitrogen and oxygen atoms in total. The first-order chi connectivity index (χ1) is 10.5. The topological polar surface area (TPSA) is 77.0 Å². The van der Waals surface area contributed by atoms with Crippen molar-refractivity contribution in [2.45, 2.75) is 25.8 Å². The average Bonchev–Trinajstić information content (AvgIpc) is 2.90. The molecule has 2 N–H and O–H groups in total. The number of rotatable bonds is 2. The number of carbonyl (C=O) groups excluding carboxylic acids is 1. The van der Waals surface area contributed by atoms with E-state index in [1.54, 1.807) is 21.7 Å². The zero-order valence-corrected chi connectivity index (χ0v) is 13.1. The Bertz CT molecular complexity index is 674. The maximum Gasteiger partial charge on any atom is 0.293 e. The van der Waals surface area contributed by atoms with E-state index in [2.05, 4.69) is 10.1 Å². The lowest BCUT2D eigenvalue weighted by Gasteiger charge is -2.29. The number of aryl methyl sites for hydroxylation is 1. The van der Waals surface area contributed by atoms with Crippen LogP contribution in [0.4, 0.5) is 0 Å². The molecule has 2 heterocycles. The standard InChI is InChI=1S/C15H18ClN5O/c1-10-18-14(15(22)20-8-6-12(17)7-9-20)19-21(10)13-4-2-11(16)3-5-13/h2-5,12H,6-9,17H2,1H3. The van der Waals surface area contributed by atoms with E-state index in [0.717, 1.165) is 18.5 Å². The van der Waals surface area contributed by atoms with Crippen molar-refractivity contribution in [3.8, 4) is 5.69 Å². The van der Waals surface area contributed by atoms with Crippen LogP contribution in [0.15, 0.2) is 24.3 Å². The van der Waals surface area contributed by atoms with E-state index in [1.807, 2.05) is 19.1 Å².